The van der Waals surface area contributed by atoms with Crippen LogP contribution in [-0.2, 0) is 4.79 Å². The van der Waals surface area contributed by atoms with Crippen molar-refractivity contribution in [3.63, 3.8) is 0 Å². The molecule has 0 radical (unpaired) electrons. The van der Waals surface area contributed by atoms with Crippen LogP contribution >= 0.6 is 0 Å². The van der Waals surface area contributed by atoms with Crippen molar-refractivity contribution in [2.24, 2.45) is 5.92 Å². The summed E-state index contributed by atoms with van der Waals surface area (Å²) >= 11 is 0. The first-order valence-corrected chi connectivity index (χ1v) is 5.22. The minimum Gasteiger partial charge on any atom is -0.393 e. The zero-order valence-electron chi connectivity index (χ0n) is 7.85. The van der Waals surface area contributed by atoms with E-state index in [1.165, 1.54) is 12.8 Å². The fourth-order valence-corrected chi connectivity index (χ4v) is 2.79. The van der Waals surface area contributed by atoms with Crippen LogP contribution < -0.4 is 0 Å². The van der Waals surface area contributed by atoms with Crippen molar-refractivity contribution in [3.05, 3.63) is 0 Å². The second-order valence-corrected chi connectivity index (χ2v) is 4.21. The van der Waals surface area contributed by atoms with Crippen LogP contribution in [0.25, 0.3) is 0 Å². The number of aliphatic hydroxyl groups is 1. The van der Waals surface area contributed by atoms with E-state index in [1.807, 2.05) is 4.90 Å². The third-order valence-corrected chi connectivity index (χ3v) is 3.52. The average molecular weight is 183 g/mol. The van der Waals surface area contributed by atoms with Gasteiger partial charge in [0, 0.05) is 18.5 Å². The number of rotatable bonds is 1. The van der Waals surface area contributed by atoms with E-state index < -0.39 is 0 Å². The number of likely N-dealkylation sites (tertiary alicyclic amines) is 1. The Balaban J connectivity index is 2.09. The summed E-state index contributed by atoms with van der Waals surface area (Å²) in [5.41, 5.74) is 0. The number of hydrogen-bond acceptors (Lipinski definition) is 2. The summed E-state index contributed by atoms with van der Waals surface area (Å²) < 4.78 is 0. The van der Waals surface area contributed by atoms with Gasteiger partial charge in [0.2, 0.25) is 6.41 Å². The van der Waals surface area contributed by atoms with Gasteiger partial charge >= 0.3 is 0 Å². The van der Waals surface area contributed by atoms with Crippen LogP contribution in [0.15, 0.2) is 0 Å². The van der Waals surface area contributed by atoms with Gasteiger partial charge in [0.05, 0.1) is 6.10 Å². The Morgan fingerprint density at radius 3 is 2.77 bits per heavy atom. The van der Waals surface area contributed by atoms with Crippen LogP contribution in [0.1, 0.15) is 32.1 Å². The zero-order valence-corrected chi connectivity index (χ0v) is 7.85. The molecule has 1 saturated carbocycles. The molecule has 3 atom stereocenters. The van der Waals surface area contributed by atoms with Crippen LogP contribution in [0.4, 0.5) is 0 Å². The molecule has 1 heterocycles. The molecule has 1 saturated heterocycles. The Morgan fingerprint density at radius 2 is 2.00 bits per heavy atom. The lowest BCUT2D eigenvalue weighted by molar-refractivity contribution is -0.127. The SMILES string of the molecule is O=CN1CCC(O)C2CCCCC21. The lowest BCUT2D eigenvalue weighted by atomic mass is 9.77. The summed E-state index contributed by atoms with van der Waals surface area (Å²) in [5, 5.41) is 9.78. The second-order valence-electron chi connectivity index (χ2n) is 4.21. The predicted octanol–water partition coefficient (Wildman–Crippen LogP) is 0.768. The Kier molecular flexibility index (Phi) is 2.54. The fourth-order valence-electron chi connectivity index (χ4n) is 2.79. The standard InChI is InChI=1S/C10H17NO2/c12-7-11-6-5-10(13)8-3-1-2-4-9(8)11/h7-10,13H,1-6H2. The molecule has 2 aliphatic rings. The van der Waals surface area contributed by atoms with E-state index in [9.17, 15) is 9.90 Å². The van der Waals surface area contributed by atoms with Gasteiger partial charge in [-0.1, -0.05) is 12.8 Å². The minimum atomic E-state index is -0.165. The van der Waals surface area contributed by atoms with Crippen molar-refractivity contribution < 1.29 is 9.90 Å². The Labute approximate surface area is 78.7 Å². The molecule has 3 nitrogen and oxygen atoms in total. The van der Waals surface area contributed by atoms with Gasteiger partial charge in [-0.05, 0) is 19.3 Å². The predicted molar refractivity (Wildman–Crippen MR) is 49.1 cm³/mol. The lowest BCUT2D eigenvalue weighted by Crippen LogP contribution is -2.51. The third kappa shape index (κ3) is 1.57. The molecule has 0 aromatic carbocycles. The third-order valence-electron chi connectivity index (χ3n) is 3.52. The topological polar surface area (TPSA) is 40.5 Å². The van der Waals surface area contributed by atoms with Crippen LogP contribution in [0.3, 0.4) is 0 Å². The van der Waals surface area contributed by atoms with Crippen LogP contribution in [0.5, 0.6) is 0 Å². The molecule has 74 valence electrons. The number of amides is 1. The van der Waals surface area contributed by atoms with Crippen molar-refractivity contribution in [1.82, 2.24) is 4.90 Å². The van der Waals surface area contributed by atoms with Crippen LogP contribution in [0, 0.1) is 5.92 Å². The lowest BCUT2D eigenvalue weighted by Gasteiger charge is -2.44. The zero-order chi connectivity index (χ0) is 9.26. The van der Waals surface area contributed by atoms with Crippen molar-refractivity contribution >= 4 is 6.41 Å². The molecule has 1 aliphatic carbocycles. The maximum atomic E-state index is 10.8. The van der Waals surface area contributed by atoms with Gasteiger partial charge in [0.1, 0.15) is 0 Å². The molecule has 0 aromatic heterocycles. The quantitative estimate of drug-likeness (QED) is 0.610. The molecule has 1 aliphatic heterocycles. The van der Waals surface area contributed by atoms with Crippen molar-refractivity contribution in [1.29, 1.82) is 0 Å². The van der Waals surface area contributed by atoms with E-state index in [4.69, 9.17) is 0 Å². The summed E-state index contributed by atoms with van der Waals surface area (Å²) in [5.74, 6) is 0.354. The molecule has 0 spiro atoms. The molecule has 2 rings (SSSR count). The highest BCUT2D eigenvalue weighted by atomic mass is 16.3. The fraction of sp³-hybridized carbons (Fsp3) is 0.900. The van der Waals surface area contributed by atoms with E-state index >= 15 is 0 Å². The van der Waals surface area contributed by atoms with Gasteiger partial charge in [-0.25, -0.2) is 0 Å². The first kappa shape index (κ1) is 9.00. The summed E-state index contributed by atoms with van der Waals surface area (Å²) in [7, 11) is 0. The van der Waals surface area contributed by atoms with E-state index in [1.54, 1.807) is 0 Å². The number of hydrogen-bond donors (Lipinski definition) is 1. The van der Waals surface area contributed by atoms with Gasteiger partial charge in [-0.2, -0.15) is 0 Å². The highest BCUT2D eigenvalue weighted by Crippen LogP contribution is 2.34. The average Bonchev–Trinajstić information content (AvgIpc) is 2.19. The second kappa shape index (κ2) is 3.66. The first-order valence-electron chi connectivity index (χ1n) is 5.22. The number of aliphatic hydroxyl groups excluding tert-OH is 1. The van der Waals surface area contributed by atoms with Gasteiger partial charge in [-0.3, -0.25) is 4.79 Å². The van der Waals surface area contributed by atoms with E-state index in [0.29, 0.717) is 12.0 Å². The van der Waals surface area contributed by atoms with Crippen molar-refractivity contribution in [2.45, 2.75) is 44.2 Å². The van der Waals surface area contributed by atoms with Gasteiger partial charge < -0.3 is 10.0 Å². The number of nitrogens with zero attached hydrogens (tertiary/aromatic N) is 1. The van der Waals surface area contributed by atoms with E-state index in [-0.39, 0.29) is 6.10 Å². The monoisotopic (exact) mass is 183 g/mol. The largest absolute Gasteiger partial charge is 0.393 e. The van der Waals surface area contributed by atoms with E-state index in [0.717, 1.165) is 32.2 Å². The summed E-state index contributed by atoms with van der Waals surface area (Å²) in [6.07, 6.45) is 6.15. The number of carbonyl (C=O) groups is 1. The minimum absolute atomic E-state index is 0.165. The first-order chi connectivity index (χ1) is 6.33. The molecule has 13 heavy (non-hydrogen) atoms. The molecule has 2 fully saturated rings. The molecular weight excluding hydrogens is 166 g/mol. The Bertz CT molecular complexity index is 195. The molecule has 0 bridgehead atoms. The molecule has 3 heteroatoms. The van der Waals surface area contributed by atoms with Gasteiger partial charge in [-0.15, -0.1) is 0 Å². The highest BCUT2D eigenvalue weighted by molar-refractivity contribution is 5.48. The van der Waals surface area contributed by atoms with Crippen molar-refractivity contribution in [2.75, 3.05) is 6.54 Å². The molecule has 0 aromatic rings. The van der Waals surface area contributed by atoms with Crippen LogP contribution in [-0.4, -0.2) is 35.1 Å². The number of carbonyl (C=O) groups excluding carboxylic acids is 1. The summed E-state index contributed by atoms with van der Waals surface area (Å²) in [6, 6.07) is 0.329. The molecular formula is C10H17NO2. The molecule has 1 amide bonds. The number of piperidine rings is 1. The molecule has 1 N–H and O–H groups in total. The normalized spacial score (nSPS) is 39.8. The maximum Gasteiger partial charge on any atom is 0.209 e. The number of fused-ring (bicyclic) bond motifs is 1. The highest BCUT2D eigenvalue weighted by Gasteiger charge is 2.37. The summed E-state index contributed by atoms with van der Waals surface area (Å²) in [4.78, 5) is 12.7. The Hall–Kier alpha value is -0.570. The maximum absolute atomic E-state index is 10.8. The van der Waals surface area contributed by atoms with Crippen LogP contribution in [0.2, 0.25) is 0 Å². The summed E-state index contributed by atoms with van der Waals surface area (Å²) in [6.45, 7) is 0.742. The Morgan fingerprint density at radius 1 is 1.23 bits per heavy atom. The van der Waals surface area contributed by atoms with E-state index in [2.05, 4.69) is 0 Å². The smallest absolute Gasteiger partial charge is 0.209 e. The molecule has 3 unspecified atom stereocenters. The van der Waals surface area contributed by atoms with Gasteiger partial charge in [0.25, 0.3) is 0 Å². The van der Waals surface area contributed by atoms with Gasteiger partial charge in [0.15, 0.2) is 0 Å². The van der Waals surface area contributed by atoms with Crippen molar-refractivity contribution in [3.8, 4) is 0 Å².